The number of hydrogen-bond donors (Lipinski definition) is 2. The molecule has 2 aromatic carbocycles. The summed E-state index contributed by atoms with van der Waals surface area (Å²) in [4.78, 5) is 30.9. The topological polar surface area (TPSA) is 113 Å². The van der Waals surface area contributed by atoms with Crippen molar-refractivity contribution in [1.82, 2.24) is 19.5 Å². The van der Waals surface area contributed by atoms with Gasteiger partial charge in [-0.25, -0.2) is 4.98 Å². The van der Waals surface area contributed by atoms with E-state index >= 15 is 0 Å². The van der Waals surface area contributed by atoms with E-state index in [0.29, 0.717) is 71.3 Å². The number of anilines is 2. The minimum absolute atomic E-state index is 0.0464. The third-order valence-corrected chi connectivity index (χ3v) is 7.80. The molecule has 2 aromatic heterocycles. The van der Waals surface area contributed by atoms with E-state index in [4.69, 9.17) is 43.9 Å². The normalized spacial score (nSPS) is 15.1. The number of halogens is 2. The molecule has 4 aromatic rings. The van der Waals surface area contributed by atoms with E-state index in [1.807, 2.05) is 67.1 Å². The van der Waals surface area contributed by atoms with Crippen LogP contribution in [0.25, 0.3) is 28.2 Å². The van der Waals surface area contributed by atoms with Gasteiger partial charge < -0.3 is 20.6 Å². The summed E-state index contributed by atoms with van der Waals surface area (Å²) in [5.74, 6) is 1.43. The number of imidazole rings is 1. The highest BCUT2D eigenvalue weighted by Crippen LogP contribution is 2.38. The van der Waals surface area contributed by atoms with Gasteiger partial charge >= 0.3 is 0 Å². The van der Waals surface area contributed by atoms with Gasteiger partial charge in [0.1, 0.15) is 5.82 Å². The lowest BCUT2D eigenvalue weighted by Gasteiger charge is -2.38. The molecule has 3 N–H and O–H groups in total. The summed E-state index contributed by atoms with van der Waals surface area (Å²) in [5, 5.41) is 10.8. The highest BCUT2D eigenvalue weighted by atomic mass is 35.5. The van der Waals surface area contributed by atoms with Crippen molar-refractivity contribution in [3.8, 4) is 17.1 Å². The molecule has 0 atom stereocenters. The van der Waals surface area contributed by atoms with Gasteiger partial charge in [0.25, 0.3) is 0 Å². The molecule has 5 rings (SSSR count). The van der Waals surface area contributed by atoms with Crippen LogP contribution in [0.2, 0.25) is 10.0 Å². The number of benzene rings is 2. The molecule has 1 aliphatic rings. The number of aliphatic hydroxyl groups is 1. The SMILES string of the molecule is CN(CCO)c1nc(N2CCC(C)(C(N)=O)CC2)c2nc(-c3ccccc3Cl)n(-c3ccc(Cl)cc3)c2n1. The molecule has 0 bridgehead atoms. The predicted molar refractivity (Wildman–Crippen MR) is 151 cm³/mol. The number of amides is 1. The number of piperidine rings is 1. The van der Waals surface area contributed by atoms with Crippen LogP contribution in [-0.2, 0) is 4.79 Å². The summed E-state index contributed by atoms with van der Waals surface area (Å²) in [6.07, 6.45) is 1.20. The molecule has 9 nitrogen and oxygen atoms in total. The number of hydrogen-bond acceptors (Lipinski definition) is 7. The Morgan fingerprint density at radius 3 is 2.39 bits per heavy atom. The van der Waals surface area contributed by atoms with E-state index in [1.54, 1.807) is 4.90 Å². The number of nitrogens with zero attached hydrogens (tertiary/aromatic N) is 6. The molecule has 1 fully saturated rings. The van der Waals surface area contributed by atoms with Crippen LogP contribution in [0.5, 0.6) is 0 Å². The van der Waals surface area contributed by atoms with Crippen molar-refractivity contribution in [3.63, 3.8) is 0 Å². The van der Waals surface area contributed by atoms with Crippen molar-refractivity contribution in [1.29, 1.82) is 0 Å². The van der Waals surface area contributed by atoms with Gasteiger partial charge in [-0.05, 0) is 49.2 Å². The molecule has 198 valence electrons. The molecule has 11 heteroatoms. The summed E-state index contributed by atoms with van der Waals surface area (Å²) in [6.45, 7) is 3.40. The molecule has 1 aliphatic heterocycles. The molecular weight excluding hydrogens is 525 g/mol. The lowest BCUT2D eigenvalue weighted by molar-refractivity contribution is -0.127. The fraction of sp³-hybridized carbons (Fsp3) is 0.333. The van der Waals surface area contributed by atoms with Crippen molar-refractivity contribution in [3.05, 3.63) is 58.6 Å². The maximum atomic E-state index is 12.1. The molecule has 0 aliphatic carbocycles. The molecule has 0 unspecified atom stereocenters. The van der Waals surface area contributed by atoms with Crippen molar-refractivity contribution >= 4 is 52.0 Å². The number of aromatic nitrogens is 4. The average molecular weight is 554 g/mol. The van der Waals surface area contributed by atoms with Crippen molar-refractivity contribution in [2.24, 2.45) is 11.1 Å². The predicted octanol–water partition coefficient (Wildman–Crippen LogP) is 4.31. The molecule has 0 radical (unpaired) electrons. The fourth-order valence-electron chi connectivity index (χ4n) is 4.69. The minimum Gasteiger partial charge on any atom is -0.395 e. The molecular formula is C27H29Cl2N7O2. The summed E-state index contributed by atoms with van der Waals surface area (Å²) < 4.78 is 1.95. The first-order valence-corrected chi connectivity index (χ1v) is 13.2. The molecule has 1 saturated heterocycles. The van der Waals surface area contributed by atoms with E-state index < -0.39 is 5.41 Å². The summed E-state index contributed by atoms with van der Waals surface area (Å²) in [7, 11) is 1.83. The number of carbonyl (C=O) groups excluding carboxylic acids is 1. The van der Waals surface area contributed by atoms with Gasteiger partial charge in [-0.1, -0.05) is 42.3 Å². The Morgan fingerprint density at radius 1 is 1.08 bits per heavy atom. The van der Waals surface area contributed by atoms with Gasteiger partial charge in [0, 0.05) is 48.4 Å². The fourth-order valence-corrected chi connectivity index (χ4v) is 5.04. The van der Waals surface area contributed by atoms with Crippen LogP contribution in [0.15, 0.2) is 48.5 Å². The first-order valence-electron chi connectivity index (χ1n) is 12.4. The standard InChI is InChI=1S/C27H29Cl2N7O2/c1-27(25(30)38)11-13-35(14-12-27)23-21-24(33-26(32-23)34(2)15-16-37)36(18-9-7-17(28)8-10-18)22(31-21)19-5-3-4-6-20(19)29/h3-10,37H,11-16H2,1-2H3,(H2,30,38). The third kappa shape index (κ3) is 4.77. The Balaban J connectivity index is 1.76. The van der Waals surface area contributed by atoms with E-state index in [-0.39, 0.29) is 12.5 Å². The van der Waals surface area contributed by atoms with Gasteiger partial charge in [0.2, 0.25) is 11.9 Å². The number of fused-ring (bicyclic) bond motifs is 1. The number of primary amides is 1. The second-order valence-corrected chi connectivity index (χ2v) is 10.6. The summed E-state index contributed by atoms with van der Waals surface area (Å²) in [5.41, 5.74) is 7.90. The van der Waals surface area contributed by atoms with Gasteiger partial charge in [-0.2, -0.15) is 9.97 Å². The smallest absolute Gasteiger partial charge is 0.229 e. The number of nitrogens with two attached hydrogens (primary N) is 1. The zero-order valence-electron chi connectivity index (χ0n) is 21.2. The summed E-state index contributed by atoms with van der Waals surface area (Å²) >= 11 is 12.8. The quantitative estimate of drug-likeness (QED) is 0.350. The Hall–Kier alpha value is -3.40. The Kier molecular flexibility index (Phi) is 7.17. The zero-order chi connectivity index (χ0) is 27.0. The van der Waals surface area contributed by atoms with Crippen LogP contribution in [0.1, 0.15) is 19.8 Å². The van der Waals surface area contributed by atoms with Gasteiger partial charge in [-0.15, -0.1) is 0 Å². The van der Waals surface area contributed by atoms with Crippen LogP contribution in [0.4, 0.5) is 11.8 Å². The number of rotatable bonds is 7. The molecule has 0 spiro atoms. The van der Waals surface area contributed by atoms with Crippen LogP contribution in [-0.4, -0.2) is 63.8 Å². The molecule has 38 heavy (non-hydrogen) atoms. The van der Waals surface area contributed by atoms with Crippen molar-refractivity contribution in [2.45, 2.75) is 19.8 Å². The Labute approximate surface area is 230 Å². The highest BCUT2D eigenvalue weighted by molar-refractivity contribution is 6.33. The molecule has 0 saturated carbocycles. The Bertz CT molecular complexity index is 1480. The Morgan fingerprint density at radius 2 is 1.76 bits per heavy atom. The number of likely N-dealkylation sites (N-methyl/N-ethyl adjacent to an activating group) is 1. The first-order chi connectivity index (χ1) is 18.2. The maximum absolute atomic E-state index is 12.1. The van der Waals surface area contributed by atoms with Crippen LogP contribution < -0.4 is 15.5 Å². The van der Waals surface area contributed by atoms with Crippen LogP contribution in [0.3, 0.4) is 0 Å². The van der Waals surface area contributed by atoms with Gasteiger partial charge in [0.15, 0.2) is 17.0 Å². The largest absolute Gasteiger partial charge is 0.395 e. The van der Waals surface area contributed by atoms with E-state index in [2.05, 4.69) is 4.90 Å². The highest BCUT2D eigenvalue weighted by Gasteiger charge is 2.37. The maximum Gasteiger partial charge on any atom is 0.229 e. The second-order valence-electron chi connectivity index (χ2n) is 9.80. The average Bonchev–Trinajstić information content (AvgIpc) is 3.29. The van der Waals surface area contributed by atoms with Gasteiger partial charge in [-0.3, -0.25) is 9.36 Å². The molecule has 1 amide bonds. The van der Waals surface area contributed by atoms with Crippen molar-refractivity contribution < 1.29 is 9.90 Å². The van der Waals surface area contributed by atoms with Crippen LogP contribution >= 0.6 is 23.2 Å². The summed E-state index contributed by atoms with van der Waals surface area (Å²) in [6, 6.07) is 15.0. The number of aliphatic hydroxyl groups excluding tert-OH is 1. The van der Waals surface area contributed by atoms with E-state index in [9.17, 15) is 9.90 Å². The van der Waals surface area contributed by atoms with Crippen molar-refractivity contribution in [2.75, 3.05) is 43.1 Å². The van der Waals surface area contributed by atoms with E-state index in [0.717, 1.165) is 11.3 Å². The van der Waals surface area contributed by atoms with Crippen LogP contribution in [0, 0.1) is 5.41 Å². The van der Waals surface area contributed by atoms with E-state index in [1.165, 1.54) is 0 Å². The van der Waals surface area contributed by atoms with Gasteiger partial charge in [0.05, 0.1) is 11.6 Å². The monoisotopic (exact) mass is 553 g/mol. The minimum atomic E-state index is -0.565. The third-order valence-electron chi connectivity index (χ3n) is 7.21. The number of carbonyl (C=O) groups is 1. The lowest BCUT2D eigenvalue weighted by Crippen LogP contribution is -2.45. The second kappa shape index (κ2) is 10.4. The molecule has 3 heterocycles. The lowest BCUT2D eigenvalue weighted by atomic mass is 9.80. The first kappa shape index (κ1) is 26.2. The zero-order valence-corrected chi connectivity index (χ0v) is 22.7.